The Hall–Kier alpha value is -1.64. The topological polar surface area (TPSA) is 18.5 Å². The molecule has 1 atom stereocenters. The van der Waals surface area contributed by atoms with Crippen molar-refractivity contribution in [3.63, 3.8) is 0 Å². The van der Waals surface area contributed by atoms with Crippen molar-refractivity contribution in [3.05, 3.63) is 73.9 Å². The average molecular weight is 272 g/mol. The summed E-state index contributed by atoms with van der Waals surface area (Å²) in [6, 6.07) is 10.3. The fourth-order valence-electron chi connectivity index (χ4n) is 2.22. The van der Waals surface area contributed by atoms with Gasteiger partial charge >= 0.3 is 0 Å². The van der Waals surface area contributed by atoms with E-state index < -0.39 is 0 Å². The molecular weight excluding hydrogens is 248 g/mol. The Morgan fingerprint density at radius 2 is 1.80 bits per heavy atom. The molecule has 0 aliphatic heterocycles. The van der Waals surface area contributed by atoms with Crippen LogP contribution in [0.25, 0.3) is 0 Å². The van der Waals surface area contributed by atoms with E-state index in [1.807, 2.05) is 30.4 Å². The van der Waals surface area contributed by atoms with Crippen molar-refractivity contribution < 1.29 is 9.47 Å². The molecule has 2 nitrogen and oxygen atoms in total. The van der Waals surface area contributed by atoms with Crippen LogP contribution in [0.5, 0.6) is 0 Å². The van der Waals surface area contributed by atoms with E-state index in [4.69, 9.17) is 9.47 Å². The van der Waals surface area contributed by atoms with Crippen molar-refractivity contribution in [2.75, 3.05) is 13.9 Å². The molecule has 0 radical (unpaired) electrons. The van der Waals surface area contributed by atoms with Crippen molar-refractivity contribution in [3.8, 4) is 0 Å². The lowest BCUT2D eigenvalue weighted by Gasteiger charge is -2.29. The Balaban J connectivity index is 2.79. The number of hydrogen-bond donors (Lipinski definition) is 0. The zero-order chi connectivity index (χ0) is 14.8. The maximum Gasteiger partial charge on any atom is 0.147 e. The van der Waals surface area contributed by atoms with Crippen molar-refractivity contribution in [1.82, 2.24) is 0 Å². The van der Waals surface area contributed by atoms with Gasteiger partial charge in [0.05, 0.1) is 6.10 Å². The Labute approximate surface area is 122 Å². The van der Waals surface area contributed by atoms with Gasteiger partial charge in [-0.3, -0.25) is 0 Å². The molecule has 0 heterocycles. The molecule has 0 aliphatic carbocycles. The van der Waals surface area contributed by atoms with Gasteiger partial charge in [-0.05, 0) is 18.4 Å². The maximum absolute atomic E-state index is 5.55. The molecule has 0 saturated carbocycles. The molecule has 0 bridgehead atoms. The second kappa shape index (κ2) is 8.51. The van der Waals surface area contributed by atoms with Crippen LogP contribution in [0.1, 0.15) is 18.4 Å². The lowest BCUT2D eigenvalue weighted by atomic mass is 9.76. The zero-order valence-corrected chi connectivity index (χ0v) is 12.3. The van der Waals surface area contributed by atoms with Crippen LogP contribution in [0.4, 0.5) is 0 Å². The first kappa shape index (κ1) is 16.4. The molecule has 108 valence electrons. The van der Waals surface area contributed by atoms with E-state index in [1.54, 1.807) is 13.2 Å². The van der Waals surface area contributed by atoms with Gasteiger partial charge in [-0.15, -0.1) is 19.7 Å². The standard InChI is InChI=1S/C18H24O2/c1-5-17(20-15-19-4)13-14-18(6-2,7-3)16-11-9-8-10-12-16/h5-12,17H,1-3,13-15H2,4H3. The fourth-order valence-corrected chi connectivity index (χ4v) is 2.22. The van der Waals surface area contributed by atoms with Crippen LogP contribution in [0.15, 0.2) is 68.3 Å². The van der Waals surface area contributed by atoms with E-state index in [0.29, 0.717) is 0 Å². The minimum atomic E-state index is -0.237. The smallest absolute Gasteiger partial charge is 0.147 e. The SMILES string of the molecule is C=CC(CCC(C=C)(C=C)c1ccccc1)OCOC. The molecule has 1 rings (SSSR count). The molecular formula is C18H24O2. The largest absolute Gasteiger partial charge is 0.359 e. The number of benzene rings is 1. The molecule has 0 aliphatic rings. The number of rotatable bonds is 10. The number of ether oxygens (including phenoxy) is 2. The second-order valence-corrected chi connectivity index (χ2v) is 4.70. The zero-order valence-electron chi connectivity index (χ0n) is 12.3. The van der Waals surface area contributed by atoms with Gasteiger partial charge in [0.25, 0.3) is 0 Å². The Bertz CT molecular complexity index is 414. The van der Waals surface area contributed by atoms with Gasteiger partial charge in [0, 0.05) is 12.5 Å². The summed E-state index contributed by atoms with van der Waals surface area (Å²) >= 11 is 0. The summed E-state index contributed by atoms with van der Waals surface area (Å²) < 4.78 is 10.5. The van der Waals surface area contributed by atoms with Crippen molar-refractivity contribution in [2.45, 2.75) is 24.4 Å². The highest BCUT2D eigenvalue weighted by Gasteiger charge is 2.25. The van der Waals surface area contributed by atoms with E-state index in [2.05, 4.69) is 31.9 Å². The van der Waals surface area contributed by atoms with Crippen LogP contribution in [-0.2, 0) is 14.9 Å². The molecule has 0 saturated heterocycles. The van der Waals surface area contributed by atoms with Crippen LogP contribution in [-0.4, -0.2) is 20.0 Å². The van der Waals surface area contributed by atoms with Gasteiger partial charge in [0.2, 0.25) is 0 Å². The third-order valence-corrected chi connectivity index (χ3v) is 3.55. The van der Waals surface area contributed by atoms with Crippen molar-refractivity contribution >= 4 is 0 Å². The van der Waals surface area contributed by atoms with Crippen molar-refractivity contribution in [2.24, 2.45) is 0 Å². The molecule has 20 heavy (non-hydrogen) atoms. The van der Waals surface area contributed by atoms with E-state index >= 15 is 0 Å². The van der Waals surface area contributed by atoms with Crippen LogP contribution >= 0.6 is 0 Å². The summed E-state index contributed by atoms with van der Waals surface area (Å²) in [7, 11) is 1.61. The van der Waals surface area contributed by atoms with Gasteiger partial charge < -0.3 is 9.47 Å². The van der Waals surface area contributed by atoms with E-state index in [1.165, 1.54) is 5.56 Å². The lowest BCUT2D eigenvalue weighted by molar-refractivity contribution is -0.0584. The molecule has 1 aromatic carbocycles. The van der Waals surface area contributed by atoms with E-state index in [9.17, 15) is 0 Å². The van der Waals surface area contributed by atoms with Gasteiger partial charge in [0.15, 0.2) is 0 Å². The Kier molecular flexibility index (Phi) is 6.99. The second-order valence-electron chi connectivity index (χ2n) is 4.70. The molecule has 0 aromatic heterocycles. The summed E-state index contributed by atoms with van der Waals surface area (Å²) in [6.07, 6.45) is 7.38. The minimum Gasteiger partial charge on any atom is -0.359 e. The van der Waals surface area contributed by atoms with Gasteiger partial charge in [-0.2, -0.15) is 0 Å². The molecule has 1 unspecified atom stereocenters. The number of allylic oxidation sites excluding steroid dienone is 2. The maximum atomic E-state index is 5.55. The predicted octanol–water partition coefficient (Wildman–Crippen LogP) is 4.25. The molecule has 0 N–H and O–H groups in total. The summed E-state index contributed by atoms with van der Waals surface area (Å²) in [4.78, 5) is 0. The fraction of sp³-hybridized carbons (Fsp3) is 0.333. The lowest BCUT2D eigenvalue weighted by Crippen LogP contribution is -2.23. The molecule has 1 aromatic rings. The third-order valence-electron chi connectivity index (χ3n) is 3.55. The van der Waals surface area contributed by atoms with Crippen molar-refractivity contribution in [1.29, 1.82) is 0 Å². The predicted molar refractivity (Wildman–Crippen MR) is 84.7 cm³/mol. The molecule has 0 spiro atoms. The van der Waals surface area contributed by atoms with Crippen LogP contribution in [0, 0.1) is 0 Å². The molecule has 0 amide bonds. The summed E-state index contributed by atoms with van der Waals surface area (Å²) in [5.41, 5.74) is 0.957. The third kappa shape index (κ3) is 4.19. The Morgan fingerprint density at radius 3 is 2.30 bits per heavy atom. The van der Waals surface area contributed by atoms with E-state index in [0.717, 1.165) is 12.8 Å². The molecule has 2 heteroatoms. The average Bonchev–Trinajstić information content (AvgIpc) is 2.52. The van der Waals surface area contributed by atoms with Gasteiger partial charge in [-0.1, -0.05) is 48.6 Å². The summed E-state index contributed by atoms with van der Waals surface area (Å²) in [5, 5.41) is 0. The highest BCUT2D eigenvalue weighted by molar-refractivity contribution is 5.35. The number of methoxy groups -OCH3 is 1. The highest BCUT2D eigenvalue weighted by Crippen LogP contribution is 2.32. The van der Waals surface area contributed by atoms with Crippen LogP contribution in [0.3, 0.4) is 0 Å². The monoisotopic (exact) mass is 272 g/mol. The highest BCUT2D eigenvalue weighted by atomic mass is 16.7. The Morgan fingerprint density at radius 1 is 1.15 bits per heavy atom. The minimum absolute atomic E-state index is 0.0297. The quantitative estimate of drug-likeness (QED) is 0.468. The summed E-state index contributed by atoms with van der Waals surface area (Å²) in [5.74, 6) is 0. The first-order chi connectivity index (χ1) is 9.72. The summed E-state index contributed by atoms with van der Waals surface area (Å²) in [6.45, 7) is 12.0. The number of hydrogen-bond acceptors (Lipinski definition) is 2. The molecule has 0 fully saturated rings. The van der Waals surface area contributed by atoms with Crippen LogP contribution < -0.4 is 0 Å². The van der Waals surface area contributed by atoms with Crippen LogP contribution in [0.2, 0.25) is 0 Å². The van der Waals surface area contributed by atoms with Gasteiger partial charge in [0.1, 0.15) is 6.79 Å². The normalized spacial score (nSPS) is 12.7. The van der Waals surface area contributed by atoms with Gasteiger partial charge in [-0.25, -0.2) is 0 Å². The first-order valence-electron chi connectivity index (χ1n) is 6.78. The first-order valence-corrected chi connectivity index (χ1v) is 6.78. The van der Waals surface area contributed by atoms with E-state index in [-0.39, 0.29) is 18.3 Å².